The highest BCUT2D eigenvalue weighted by Gasteiger charge is 2.22. The van der Waals surface area contributed by atoms with Gasteiger partial charge in [0.2, 0.25) is 0 Å². The lowest BCUT2D eigenvalue weighted by Gasteiger charge is -2.22. The molecule has 0 saturated heterocycles. The van der Waals surface area contributed by atoms with Crippen molar-refractivity contribution in [2.24, 2.45) is 0 Å². The Morgan fingerprint density at radius 2 is 1.90 bits per heavy atom. The minimum atomic E-state index is -0.356. The fraction of sp³-hybridized carbons (Fsp3) is 0.250. The quantitative estimate of drug-likeness (QED) is 0.883. The van der Waals surface area contributed by atoms with E-state index in [1.165, 1.54) is 6.07 Å². The highest BCUT2D eigenvalue weighted by Crippen LogP contribution is 2.36. The van der Waals surface area contributed by atoms with E-state index in [2.05, 4.69) is 21.2 Å². The average Bonchev–Trinajstić information content (AvgIpc) is 2.50. The highest BCUT2D eigenvalue weighted by atomic mass is 79.9. The van der Waals surface area contributed by atoms with Crippen molar-refractivity contribution in [1.82, 2.24) is 5.32 Å². The zero-order valence-electron chi connectivity index (χ0n) is 12.1. The molecule has 21 heavy (non-hydrogen) atoms. The summed E-state index contributed by atoms with van der Waals surface area (Å²) in [6, 6.07) is 10.0. The highest BCUT2D eigenvalue weighted by molar-refractivity contribution is 9.10. The monoisotopic (exact) mass is 353 g/mol. The van der Waals surface area contributed by atoms with Crippen LogP contribution in [0, 0.1) is 5.82 Å². The van der Waals surface area contributed by atoms with Gasteiger partial charge in [-0.15, -0.1) is 0 Å². The molecular weight excluding hydrogens is 337 g/mol. The van der Waals surface area contributed by atoms with Crippen molar-refractivity contribution in [1.29, 1.82) is 0 Å². The van der Waals surface area contributed by atoms with Gasteiger partial charge >= 0.3 is 0 Å². The van der Waals surface area contributed by atoms with E-state index in [9.17, 15) is 4.39 Å². The first-order chi connectivity index (χ1) is 10.1. The van der Waals surface area contributed by atoms with E-state index in [0.29, 0.717) is 21.5 Å². The van der Waals surface area contributed by atoms with Crippen LogP contribution in [-0.2, 0) is 0 Å². The first kappa shape index (κ1) is 15.8. The van der Waals surface area contributed by atoms with Crippen molar-refractivity contribution in [3.63, 3.8) is 0 Å². The number of benzene rings is 2. The zero-order valence-corrected chi connectivity index (χ0v) is 13.7. The second-order valence-electron chi connectivity index (χ2n) is 4.46. The molecule has 5 heteroatoms. The minimum Gasteiger partial charge on any atom is -0.497 e. The van der Waals surface area contributed by atoms with Crippen LogP contribution in [0.3, 0.4) is 0 Å². The van der Waals surface area contributed by atoms with Crippen molar-refractivity contribution in [2.75, 3.05) is 21.3 Å². The molecule has 2 aromatic carbocycles. The Labute approximate surface area is 132 Å². The predicted molar refractivity (Wildman–Crippen MR) is 84.5 cm³/mol. The second kappa shape index (κ2) is 6.91. The molecule has 112 valence electrons. The molecule has 0 heterocycles. The molecule has 0 saturated carbocycles. The summed E-state index contributed by atoms with van der Waals surface area (Å²) in [6.45, 7) is 0. The van der Waals surface area contributed by atoms with Gasteiger partial charge in [-0.1, -0.05) is 22.0 Å². The summed E-state index contributed by atoms with van der Waals surface area (Å²) >= 11 is 3.42. The topological polar surface area (TPSA) is 30.5 Å². The normalized spacial score (nSPS) is 12.0. The number of hydrogen-bond donors (Lipinski definition) is 1. The Kier molecular flexibility index (Phi) is 5.20. The number of methoxy groups -OCH3 is 2. The van der Waals surface area contributed by atoms with E-state index < -0.39 is 0 Å². The van der Waals surface area contributed by atoms with Gasteiger partial charge in [0.25, 0.3) is 0 Å². The molecule has 2 aromatic rings. The molecule has 0 bridgehead atoms. The Morgan fingerprint density at radius 3 is 2.48 bits per heavy atom. The van der Waals surface area contributed by atoms with Gasteiger partial charge in [0.15, 0.2) is 0 Å². The molecule has 0 radical (unpaired) electrons. The number of hydrogen-bond acceptors (Lipinski definition) is 3. The van der Waals surface area contributed by atoms with E-state index in [1.54, 1.807) is 27.3 Å². The van der Waals surface area contributed by atoms with E-state index in [-0.39, 0.29) is 11.9 Å². The van der Waals surface area contributed by atoms with E-state index in [0.717, 1.165) is 5.56 Å². The Balaban J connectivity index is 2.61. The maximum Gasteiger partial charge on any atom is 0.129 e. The fourth-order valence-electron chi connectivity index (χ4n) is 2.31. The molecule has 0 amide bonds. The number of ether oxygens (including phenoxy) is 2. The van der Waals surface area contributed by atoms with E-state index >= 15 is 0 Å². The first-order valence-corrected chi connectivity index (χ1v) is 7.24. The van der Waals surface area contributed by atoms with Gasteiger partial charge < -0.3 is 14.8 Å². The third-order valence-corrected chi connectivity index (χ3v) is 4.02. The lowest BCUT2D eigenvalue weighted by Crippen LogP contribution is -2.20. The summed E-state index contributed by atoms with van der Waals surface area (Å²) in [5.74, 6) is 1.08. The zero-order chi connectivity index (χ0) is 15.4. The second-order valence-corrected chi connectivity index (χ2v) is 5.32. The van der Waals surface area contributed by atoms with Gasteiger partial charge in [-0.2, -0.15) is 0 Å². The molecule has 2 rings (SSSR count). The van der Waals surface area contributed by atoms with Crippen LogP contribution in [0.25, 0.3) is 0 Å². The van der Waals surface area contributed by atoms with E-state index in [4.69, 9.17) is 9.47 Å². The number of halogens is 2. The number of nitrogens with one attached hydrogen (secondary N) is 1. The van der Waals surface area contributed by atoms with Crippen molar-refractivity contribution < 1.29 is 13.9 Å². The van der Waals surface area contributed by atoms with Crippen LogP contribution < -0.4 is 14.8 Å². The summed E-state index contributed by atoms with van der Waals surface area (Å²) in [6.07, 6.45) is 0. The molecule has 1 unspecified atom stereocenters. The largest absolute Gasteiger partial charge is 0.497 e. The molecule has 1 N–H and O–H groups in total. The molecule has 3 nitrogen and oxygen atoms in total. The summed E-state index contributed by atoms with van der Waals surface area (Å²) in [4.78, 5) is 0. The van der Waals surface area contributed by atoms with Gasteiger partial charge in [-0.05, 0) is 37.4 Å². The molecule has 0 fully saturated rings. The van der Waals surface area contributed by atoms with Gasteiger partial charge in [0.05, 0.1) is 20.3 Å². The average molecular weight is 354 g/mol. The van der Waals surface area contributed by atoms with Crippen LogP contribution in [0.1, 0.15) is 17.2 Å². The van der Waals surface area contributed by atoms with E-state index in [1.807, 2.05) is 24.3 Å². The fourth-order valence-corrected chi connectivity index (χ4v) is 2.88. The lowest BCUT2D eigenvalue weighted by atomic mass is 9.97. The van der Waals surface area contributed by atoms with Gasteiger partial charge in [-0.25, -0.2) is 4.39 Å². The Bertz CT molecular complexity index is 613. The third kappa shape index (κ3) is 3.19. The molecule has 0 aromatic heterocycles. The van der Waals surface area contributed by atoms with Crippen molar-refractivity contribution >= 4 is 15.9 Å². The Morgan fingerprint density at radius 1 is 1.14 bits per heavy atom. The SMILES string of the molecule is CNC(c1cc(OC)ccc1OC)c1c(F)cccc1Br. The van der Waals surface area contributed by atoms with Crippen LogP contribution in [-0.4, -0.2) is 21.3 Å². The Hall–Kier alpha value is -1.59. The van der Waals surface area contributed by atoms with Gasteiger partial charge in [0, 0.05) is 15.6 Å². The predicted octanol–water partition coefficient (Wildman–Crippen LogP) is 3.91. The standard InChI is InChI=1S/C16H17BrFNO2/c1-19-16(15-12(17)5-4-6-13(15)18)11-9-10(20-2)7-8-14(11)21-3/h4-9,16,19H,1-3H3. The molecule has 0 aliphatic rings. The summed E-state index contributed by atoms with van der Waals surface area (Å²) in [5.41, 5.74) is 1.34. The van der Waals surface area contributed by atoms with Crippen molar-refractivity contribution in [3.05, 3.63) is 57.8 Å². The summed E-state index contributed by atoms with van der Waals surface area (Å²) in [5, 5.41) is 3.14. The summed E-state index contributed by atoms with van der Waals surface area (Å²) in [7, 11) is 4.97. The molecule has 1 atom stereocenters. The van der Waals surface area contributed by atoms with Crippen LogP contribution in [0.5, 0.6) is 11.5 Å². The summed E-state index contributed by atoms with van der Waals surface area (Å²) < 4.78 is 25.6. The number of rotatable bonds is 5. The maximum atomic E-state index is 14.2. The van der Waals surface area contributed by atoms with Crippen LogP contribution in [0.4, 0.5) is 4.39 Å². The minimum absolute atomic E-state index is 0.284. The van der Waals surface area contributed by atoms with Gasteiger partial charge in [-0.3, -0.25) is 0 Å². The first-order valence-electron chi connectivity index (χ1n) is 6.45. The third-order valence-electron chi connectivity index (χ3n) is 3.32. The molecule has 0 aliphatic carbocycles. The smallest absolute Gasteiger partial charge is 0.129 e. The molecule has 0 aliphatic heterocycles. The molecular formula is C16H17BrFNO2. The van der Waals surface area contributed by atoms with Crippen LogP contribution >= 0.6 is 15.9 Å². The van der Waals surface area contributed by atoms with Crippen LogP contribution in [0.15, 0.2) is 40.9 Å². The lowest BCUT2D eigenvalue weighted by molar-refractivity contribution is 0.394. The van der Waals surface area contributed by atoms with Gasteiger partial charge in [0.1, 0.15) is 17.3 Å². The van der Waals surface area contributed by atoms with Crippen molar-refractivity contribution in [3.8, 4) is 11.5 Å². The maximum absolute atomic E-state index is 14.2. The molecule has 0 spiro atoms. The van der Waals surface area contributed by atoms with Crippen molar-refractivity contribution in [2.45, 2.75) is 6.04 Å². The van der Waals surface area contributed by atoms with Crippen LogP contribution in [0.2, 0.25) is 0 Å².